The van der Waals surface area contributed by atoms with Gasteiger partial charge in [0, 0.05) is 24.2 Å². The van der Waals surface area contributed by atoms with Crippen molar-refractivity contribution in [3.63, 3.8) is 0 Å². The molecule has 3 rings (SSSR count). The van der Waals surface area contributed by atoms with Gasteiger partial charge in [0.15, 0.2) is 0 Å². The second kappa shape index (κ2) is 7.82. The number of amides is 1. The second-order valence-corrected chi connectivity index (χ2v) is 6.76. The Bertz CT molecular complexity index is 683. The van der Waals surface area contributed by atoms with Gasteiger partial charge in [-0.05, 0) is 43.0 Å². The molecule has 0 radical (unpaired) electrons. The number of halogens is 1. The van der Waals surface area contributed by atoms with Crippen molar-refractivity contribution in [2.24, 2.45) is 0 Å². The Hall–Kier alpha value is -1.84. The lowest BCUT2D eigenvalue weighted by atomic mass is 10.0. The smallest absolute Gasteiger partial charge is 0.244 e. The van der Waals surface area contributed by atoms with Gasteiger partial charge in [-0.1, -0.05) is 54.1 Å². The van der Waals surface area contributed by atoms with Crippen molar-refractivity contribution in [3.05, 3.63) is 70.7 Å². The van der Waals surface area contributed by atoms with Crippen LogP contribution in [0.25, 0.3) is 0 Å². The Morgan fingerprint density at radius 2 is 1.71 bits per heavy atom. The van der Waals surface area contributed by atoms with Gasteiger partial charge in [-0.2, -0.15) is 0 Å². The first-order valence-electron chi connectivity index (χ1n) is 8.50. The fourth-order valence-electron chi connectivity index (χ4n) is 3.20. The van der Waals surface area contributed by atoms with E-state index in [0.717, 1.165) is 37.1 Å². The van der Waals surface area contributed by atoms with E-state index in [9.17, 15) is 4.79 Å². The molecule has 1 N–H and O–H groups in total. The zero-order valence-corrected chi connectivity index (χ0v) is 14.7. The molecule has 126 valence electrons. The third-order valence-corrected chi connectivity index (χ3v) is 4.80. The third-order valence-electron chi connectivity index (χ3n) is 4.56. The molecule has 2 aromatic carbocycles. The Morgan fingerprint density at radius 1 is 1.04 bits per heavy atom. The summed E-state index contributed by atoms with van der Waals surface area (Å²) in [4.78, 5) is 15.0. The van der Waals surface area contributed by atoms with E-state index in [1.165, 1.54) is 0 Å². The minimum Gasteiger partial charge on any atom is -0.341 e. The predicted molar refractivity (Wildman–Crippen MR) is 98.0 cm³/mol. The van der Waals surface area contributed by atoms with E-state index < -0.39 is 0 Å². The standard InChI is InChI=1S/C20H23ClN2O/c1-15(17-10-7-11-18(21)14-17)22-19(16-8-3-2-4-9-16)20(24)23-12-5-6-13-23/h2-4,7-11,14-15,19,22H,5-6,12-13H2,1H3/t15-,19+/m1/s1. The summed E-state index contributed by atoms with van der Waals surface area (Å²) in [5, 5.41) is 4.21. The zero-order valence-electron chi connectivity index (χ0n) is 13.9. The zero-order chi connectivity index (χ0) is 16.9. The highest BCUT2D eigenvalue weighted by atomic mass is 35.5. The average Bonchev–Trinajstić information content (AvgIpc) is 3.14. The molecule has 1 aliphatic heterocycles. The van der Waals surface area contributed by atoms with Crippen LogP contribution < -0.4 is 5.32 Å². The number of nitrogens with one attached hydrogen (secondary N) is 1. The molecule has 4 heteroatoms. The van der Waals surface area contributed by atoms with Gasteiger partial charge in [0.1, 0.15) is 6.04 Å². The van der Waals surface area contributed by atoms with E-state index in [4.69, 9.17) is 11.6 Å². The fourth-order valence-corrected chi connectivity index (χ4v) is 3.40. The van der Waals surface area contributed by atoms with Crippen LogP contribution >= 0.6 is 11.6 Å². The number of carbonyl (C=O) groups is 1. The quantitative estimate of drug-likeness (QED) is 0.875. The molecule has 24 heavy (non-hydrogen) atoms. The molecule has 1 saturated heterocycles. The molecule has 0 unspecified atom stereocenters. The average molecular weight is 343 g/mol. The van der Waals surface area contributed by atoms with Crippen molar-refractivity contribution in [2.45, 2.75) is 31.8 Å². The van der Waals surface area contributed by atoms with Gasteiger partial charge >= 0.3 is 0 Å². The summed E-state index contributed by atoms with van der Waals surface area (Å²) in [7, 11) is 0. The van der Waals surface area contributed by atoms with Crippen LogP contribution in [0.5, 0.6) is 0 Å². The summed E-state index contributed by atoms with van der Waals surface area (Å²) in [6.07, 6.45) is 2.19. The number of hydrogen-bond acceptors (Lipinski definition) is 2. The second-order valence-electron chi connectivity index (χ2n) is 6.32. The maximum atomic E-state index is 13.0. The lowest BCUT2D eigenvalue weighted by Gasteiger charge is -2.27. The van der Waals surface area contributed by atoms with Gasteiger partial charge in [0.25, 0.3) is 0 Å². The fraction of sp³-hybridized carbons (Fsp3) is 0.350. The minimum absolute atomic E-state index is 0.0282. The summed E-state index contributed by atoms with van der Waals surface area (Å²) < 4.78 is 0. The molecular weight excluding hydrogens is 320 g/mol. The summed E-state index contributed by atoms with van der Waals surface area (Å²) in [6.45, 7) is 3.78. The van der Waals surface area contributed by atoms with Gasteiger partial charge in [-0.25, -0.2) is 0 Å². The van der Waals surface area contributed by atoms with Crippen LogP contribution in [0.3, 0.4) is 0 Å². The molecule has 0 bridgehead atoms. The first kappa shape index (κ1) is 17.0. The van der Waals surface area contributed by atoms with Gasteiger partial charge in [-0.3, -0.25) is 10.1 Å². The van der Waals surface area contributed by atoms with Crippen LogP contribution in [0.15, 0.2) is 54.6 Å². The van der Waals surface area contributed by atoms with Crippen LogP contribution in [-0.2, 0) is 4.79 Å². The lowest BCUT2D eigenvalue weighted by Crippen LogP contribution is -2.40. The summed E-state index contributed by atoms with van der Waals surface area (Å²) in [6, 6.07) is 17.4. The molecule has 0 aliphatic carbocycles. The van der Waals surface area contributed by atoms with Crippen molar-refractivity contribution < 1.29 is 4.79 Å². The molecular formula is C20H23ClN2O. The Morgan fingerprint density at radius 3 is 2.38 bits per heavy atom. The number of hydrogen-bond donors (Lipinski definition) is 1. The van der Waals surface area contributed by atoms with E-state index in [-0.39, 0.29) is 18.0 Å². The molecule has 1 fully saturated rings. The van der Waals surface area contributed by atoms with E-state index in [1.807, 2.05) is 59.5 Å². The monoisotopic (exact) mass is 342 g/mol. The number of nitrogens with zero attached hydrogens (tertiary/aromatic N) is 1. The summed E-state index contributed by atoms with van der Waals surface area (Å²) in [5.74, 6) is 0.160. The van der Waals surface area contributed by atoms with Crippen LogP contribution in [0.1, 0.15) is 43.0 Å². The highest BCUT2D eigenvalue weighted by Gasteiger charge is 2.28. The van der Waals surface area contributed by atoms with Crippen LogP contribution in [0, 0.1) is 0 Å². The highest BCUT2D eigenvalue weighted by molar-refractivity contribution is 6.30. The number of rotatable bonds is 5. The lowest BCUT2D eigenvalue weighted by molar-refractivity contribution is -0.132. The van der Waals surface area contributed by atoms with Crippen molar-refractivity contribution in [3.8, 4) is 0 Å². The maximum Gasteiger partial charge on any atom is 0.244 e. The van der Waals surface area contributed by atoms with Crippen LogP contribution in [0.4, 0.5) is 0 Å². The molecule has 1 amide bonds. The first-order chi connectivity index (χ1) is 11.6. The van der Waals surface area contributed by atoms with E-state index in [1.54, 1.807) is 0 Å². The SMILES string of the molecule is C[C@@H](N[C@H](C(=O)N1CCCC1)c1ccccc1)c1cccc(Cl)c1. The predicted octanol–water partition coefficient (Wildman–Crippen LogP) is 4.35. The molecule has 1 heterocycles. The van der Waals surface area contributed by atoms with Gasteiger partial charge in [0.2, 0.25) is 5.91 Å². The molecule has 0 aromatic heterocycles. The summed E-state index contributed by atoms with van der Waals surface area (Å²) >= 11 is 6.11. The topological polar surface area (TPSA) is 32.3 Å². The van der Waals surface area contributed by atoms with Gasteiger partial charge in [0.05, 0.1) is 0 Å². The van der Waals surface area contributed by atoms with E-state index in [0.29, 0.717) is 5.02 Å². The normalized spacial score (nSPS) is 16.8. The van der Waals surface area contributed by atoms with Crippen LogP contribution in [-0.4, -0.2) is 23.9 Å². The number of benzene rings is 2. The molecule has 2 aromatic rings. The number of carbonyl (C=O) groups excluding carboxylic acids is 1. The van der Waals surface area contributed by atoms with E-state index in [2.05, 4.69) is 12.2 Å². The molecule has 0 spiro atoms. The first-order valence-corrected chi connectivity index (χ1v) is 8.88. The van der Waals surface area contributed by atoms with Crippen LogP contribution in [0.2, 0.25) is 5.02 Å². The third kappa shape index (κ3) is 3.97. The van der Waals surface area contributed by atoms with Crippen molar-refractivity contribution in [1.29, 1.82) is 0 Å². The summed E-state index contributed by atoms with van der Waals surface area (Å²) in [5.41, 5.74) is 2.08. The molecule has 1 aliphatic rings. The van der Waals surface area contributed by atoms with Gasteiger partial charge in [-0.15, -0.1) is 0 Å². The molecule has 3 nitrogen and oxygen atoms in total. The van der Waals surface area contributed by atoms with Crippen molar-refractivity contribution in [1.82, 2.24) is 10.2 Å². The van der Waals surface area contributed by atoms with Gasteiger partial charge < -0.3 is 4.90 Å². The Balaban J connectivity index is 1.83. The highest BCUT2D eigenvalue weighted by Crippen LogP contribution is 2.24. The molecule has 2 atom stereocenters. The molecule has 0 saturated carbocycles. The van der Waals surface area contributed by atoms with Crippen molar-refractivity contribution in [2.75, 3.05) is 13.1 Å². The largest absolute Gasteiger partial charge is 0.341 e. The maximum absolute atomic E-state index is 13.0. The number of likely N-dealkylation sites (tertiary alicyclic amines) is 1. The minimum atomic E-state index is -0.335. The van der Waals surface area contributed by atoms with Crippen molar-refractivity contribution >= 4 is 17.5 Å². The Labute approximate surface area is 148 Å². The Kier molecular flexibility index (Phi) is 5.54. The van der Waals surface area contributed by atoms with E-state index >= 15 is 0 Å².